The molecule has 1 aliphatic heterocycles. The van der Waals surface area contributed by atoms with Crippen molar-refractivity contribution in [2.75, 3.05) is 23.8 Å². The number of hydrogen-bond acceptors (Lipinski definition) is 7. The van der Waals surface area contributed by atoms with Gasteiger partial charge in [0.25, 0.3) is 0 Å². The molecule has 1 fully saturated rings. The van der Waals surface area contributed by atoms with Gasteiger partial charge in [-0.25, -0.2) is 19.9 Å². The van der Waals surface area contributed by atoms with Crippen molar-refractivity contribution in [3.8, 4) is 0 Å². The lowest BCUT2D eigenvalue weighted by atomic mass is 10.1. The number of nitrogens with one attached hydrogen (secondary N) is 3. The van der Waals surface area contributed by atoms with Crippen LogP contribution in [0.1, 0.15) is 31.4 Å². The van der Waals surface area contributed by atoms with Crippen LogP contribution in [0.4, 0.5) is 11.6 Å². The van der Waals surface area contributed by atoms with Crippen LogP contribution in [0.25, 0.3) is 22.1 Å². The van der Waals surface area contributed by atoms with Gasteiger partial charge in [0.1, 0.15) is 17.7 Å². The molecular formula is C21H22ClN7O. The minimum atomic E-state index is -0.0809. The minimum Gasteiger partial charge on any atom is -0.376 e. The van der Waals surface area contributed by atoms with Crippen molar-refractivity contribution in [2.24, 2.45) is 0 Å². The molecule has 0 spiro atoms. The Morgan fingerprint density at radius 2 is 2.17 bits per heavy atom. The Hall–Kier alpha value is -2.97. The monoisotopic (exact) mass is 423 g/mol. The molecule has 2 atom stereocenters. The second-order valence-corrected chi connectivity index (χ2v) is 7.85. The third kappa shape index (κ3) is 3.64. The van der Waals surface area contributed by atoms with Gasteiger partial charge in [0, 0.05) is 24.1 Å². The molecule has 1 saturated heterocycles. The first-order chi connectivity index (χ1) is 14.7. The summed E-state index contributed by atoms with van der Waals surface area (Å²) in [5, 5.41) is 8.56. The molecular weight excluding hydrogens is 402 g/mol. The van der Waals surface area contributed by atoms with Gasteiger partial charge in [-0.15, -0.1) is 0 Å². The number of benzene rings is 1. The largest absolute Gasteiger partial charge is 0.376 e. The first-order valence-corrected chi connectivity index (χ1v) is 10.4. The van der Waals surface area contributed by atoms with E-state index < -0.39 is 0 Å². The fraction of sp³-hybridized carbons (Fsp3) is 0.333. The van der Waals surface area contributed by atoms with Crippen molar-refractivity contribution < 1.29 is 4.74 Å². The second-order valence-electron chi connectivity index (χ2n) is 7.44. The molecule has 3 N–H and O–H groups in total. The molecule has 9 heteroatoms. The van der Waals surface area contributed by atoms with Crippen LogP contribution in [-0.4, -0.2) is 44.2 Å². The van der Waals surface area contributed by atoms with Crippen LogP contribution in [0.5, 0.6) is 0 Å². The van der Waals surface area contributed by atoms with Crippen LogP contribution in [0.2, 0.25) is 5.02 Å². The number of para-hydroxylation sites is 1. The molecule has 0 aliphatic carbocycles. The standard InChI is InChI=1S/C21H22ClN7O/c1-12(28-21-18-20(25-10-24-18)26-11-27-21)15-8-13-4-2-6-16(22)17(13)29-19(15)23-9-14-5-3-7-30-14/h2,4,6,8,10-12,14H,3,5,7,9H2,1H3,(H,23,29)(H2,24,25,26,27,28)/t12-,14+/m0/s1. The molecule has 8 nitrogen and oxygen atoms in total. The van der Waals surface area contributed by atoms with Gasteiger partial charge < -0.3 is 20.4 Å². The van der Waals surface area contributed by atoms with Gasteiger partial charge in [0.05, 0.1) is 29.0 Å². The zero-order chi connectivity index (χ0) is 20.5. The van der Waals surface area contributed by atoms with Crippen LogP contribution in [0.3, 0.4) is 0 Å². The lowest BCUT2D eigenvalue weighted by Crippen LogP contribution is -2.21. The van der Waals surface area contributed by atoms with Gasteiger partial charge in [-0.3, -0.25) is 0 Å². The second kappa shape index (κ2) is 8.04. The summed E-state index contributed by atoms with van der Waals surface area (Å²) in [4.78, 5) is 20.8. The number of hydrogen-bond donors (Lipinski definition) is 3. The number of ether oxygens (including phenoxy) is 1. The lowest BCUT2D eigenvalue weighted by molar-refractivity contribution is 0.120. The Labute approximate surface area is 178 Å². The Balaban J connectivity index is 1.50. The van der Waals surface area contributed by atoms with Crippen LogP contribution < -0.4 is 10.6 Å². The summed E-state index contributed by atoms with van der Waals surface area (Å²) in [6.45, 7) is 3.60. The lowest BCUT2D eigenvalue weighted by Gasteiger charge is -2.21. The van der Waals surface area contributed by atoms with E-state index >= 15 is 0 Å². The van der Waals surface area contributed by atoms with E-state index in [2.05, 4.69) is 43.6 Å². The van der Waals surface area contributed by atoms with Crippen molar-refractivity contribution in [1.29, 1.82) is 0 Å². The molecule has 4 heterocycles. The fourth-order valence-corrected chi connectivity index (χ4v) is 4.04. The van der Waals surface area contributed by atoms with Gasteiger partial charge in [-0.2, -0.15) is 0 Å². The van der Waals surface area contributed by atoms with Gasteiger partial charge in [0.15, 0.2) is 11.5 Å². The number of aromatic nitrogens is 5. The molecule has 1 aliphatic rings. The highest BCUT2D eigenvalue weighted by Crippen LogP contribution is 2.32. The fourth-order valence-electron chi connectivity index (χ4n) is 3.82. The van der Waals surface area contributed by atoms with Crippen molar-refractivity contribution in [2.45, 2.75) is 31.9 Å². The van der Waals surface area contributed by atoms with Gasteiger partial charge in [-0.05, 0) is 31.9 Å². The smallest absolute Gasteiger partial charge is 0.162 e. The van der Waals surface area contributed by atoms with Crippen LogP contribution in [0.15, 0.2) is 36.9 Å². The predicted octanol–water partition coefficient (Wildman–Crippen LogP) is 4.32. The van der Waals surface area contributed by atoms with Gasteiger partial charge >= 0.3 is 0 Å². The maximum atomic E-state index is 6.41. The minimum absolute atomic E-state index is 0.0809. The van der Waals surface area contributed by atoms with E-state index in [-0.39, 0.29) is 12.1 Å². The van der Waals surface area contributed by atoms with E-state index in [9.17, 15) is 0 Å². The number of pyridine rings is 1. The zero-order valence-corrected chi connectivity index (χ0v) is 17.3. The van der Waals surface area contributed by atoms with Crippen LogP contribution >= 0.6 is 11.6 Å². The number of aromatic amines is 1. The average molecular weight is 424 g/mol. The van der Waals surface area contributed by atoms with E-state index in [1.54, 1.807) is 6.33 Å². The average Bonchev–Trinajstić information content (AvgIpc) is 3.44. The Morgan fingerprint density at radius 3 is 3.03 bits per heavy atom. The molecule has 154 valence electrons. The molecule has 0 amide bonds. The van der Waals surface area contributed by atoms with E-state index in [1.165, 1.54) is 6.33 Å². The van der Waals surface area contributed by atoms with Crippen molar-refractivity contribution in [3.63, 3.8) is 0 Å². The number of fused-ring (bicyclic) bond motifs is 2. The number of halogens is 1. The molecule has 4 aromatic rings. The normalized spacial score (nSPS) is 17.5. The van der Waals surface area contributed by atoms with E-state index in [1.807, 2.05) is 18.2 Å². The third-order valence-corrected chi connectivity index (χ3v) is 5.69. The molecule has 3 aromatic heterocycles. The summed E-state index contributed by atoms with van der Waals surface area (Å²) >= 11 is 6.41. The quantitative estimate of drug-likeness (QED) is 0.424. The number of nitrogens with zero attached hydrogens (tertiary/aromatic N) is 4. The zero-order valence-electron chi connectivity index (χ0n) is 16.5. The molecule has 0 unspecified atom stereocenters. The Bertz CT molecular complexity index is 1190. The topological polar surface area (TPSA) is 101 Å². The van der Waals surface area contributed by atoms with E-state index in [4.69, 9.17) is 21.3 Å². The highest BCUT2D eigenvalue weighted by molar-refractivity contribution is 6.35. The number of H-pyrrole nitrogens is 1. The Morgan fingerprint density at radius 1 is 1.23 bits per heavy atom. The van der Waals surface area contributed by atoms with Gasteiger partial charge in [-0.1, -0.05) is 23.7 Å². The third-order valence-electron chi connectivity index (χ3n) is 5.38. The van der Waals surface area contributed by atoms with Gasteiger partial charge in [0.2, 0.25) is 0 Å². The van der Waals surface area contributed by atoms with Crippen LogP contribution in [-0.2, 0) is 4.74 Å². The maximum absolute atomic E-state index is 6.41. The Kier molecular flexibility index (Phi) is 5.10. The van der Waals surface area contributed by atoms with Crippen molar-refractivity contribution >= 4 is 45.3 Å². The summed E-state index contributed by atoms with van der Waals surface area (Å²) < 4.78 is 5.76. The van der Waals surface area contributed by atoms with Crippen LogP contribution in [0, 0.1) is 0 Å². The first-order valence-electron chi connectivity index (χ1n) is 10.0. The molecule has 0 radical (unpaired) electrons. The summed E-state index contributed by atoms with van der Waals surface area (Å²) in [5.74, 6) is 1.46. The molecule has 1 aromatic carbocycles. The first kappa shape index (κ1) is 19.0. The number of rotatable bonds is 6. The SMILES string of the molecule is C[C@H](Nc1ncnc2[nH]cnc12)c1cc2cccc(Cl)c2nc1NC[C@H]1CCCO1. The number of anilines is 2. The van der Waals surface area contributed by atoms with Crippen molar-refractivity contribution in [3.05, 3.63) is 47.5 Å². The molecule has 30 heavy (non-hydrogen) atoms. The van der Waals surface area contributed by atoms with E-state index in [0.717, 1.165) is 41.7 Å². The molecule has 5 rings (SSSR count). The van der Waals surface area contributed by atoms with E-state index in [0.29, 0.717) is 28.5 Å². The predicted molar refractivity (Wildman–Crippen MR) is 118 cm³/mol. The summed E-state index contributed by atoms with van der Waals surface area (Å²) in [6.07, 6.45) is 5.49. The summed E-state index contributed by atoms with van der Waals surface area (Å²) in [6, 6.07) is 7.85. The highest BCUT2D eigenvalue weighted by atomic mass is 35.5. The summed E-state index contributed by atoms with van der Waals surface area (Å²) in [7, 11) is 0. The highest BCUT2D eigenvalue weighted by Gasteiger charge is 2.20. The number of imidazole rings is 1. The summed E-state index contributed by atoms with van der Waals surface area (Å²) in [5.41, 5.74) is 3.20. The molecule has 0 saturated carbocycles. The maximum Gasteiger partial charge on any atom is 0.162 e. The van der Waals surface area contributed by atoms with Crippen molar-refractivity contribution in [1.82, 2.24) is 24.9 Å². The molecule has 0 bridgehead atoms.